The summed E-state index contributed by atoms with van der Waals surface area (Å²) >= 11 is 0. The fraction of sp³-hybridized carbons (Fsp3) is 0.533. The number of halogens is 1. The number of hydrogen-bond acceptors (Lipinski definition) is 4. The first kappa shape index (κ1) is 15.9. The Morgan fingerprint density at radius 3 is 2.76 bits per heavy atom. The zero-order valence-electron chi connectivity index (χ0n) is 12.4. The number of morpholine rings is 1. The molecule has 2 rings (SSSR count). The molecule has 116 valence electrons. The second kappa shape index (κ2) is 7.49. The van der Waals surface area contributed by atoms with Crippen molar-refractivity contribution in [2.24, 2.45) is 0 Å². The standard InChI is InChI=1S/C15H22FN3O2/c1-19(2)13(11-3-5-12(16)6-4-11)9-18-15(20)14-10-17-7-8-21-14/h3-6,13-14,17H,7-10H2,1-2H3,(H,18,20). The topological polar surface area (TPSA) is 53.6 Å². The third-order valence-corrected chi connectivity index (χ3v) is 3.57. The van der Waals surface area contributed by atoms with Crippen molar-refractivity contribution in [1.29, 1.82) is 0 Å². The van der Waals surface area contributed by atoms with Crippen LogP contribution in [-0.4, -0.2) is 57.2 Å². The van der Waals surface area contributed by atoms with Crippen molar-refractivity contribution in [3.63, 3.8) is 0 Å². The van der Waals surface area contributed by atoms with E-state index < -0.39 is 6.10 Å². The van der Waals surface area contributed by atoms with Crippen molar-refractivity contribution in [3.05, 3.63) is 35.6 Å². The monoisotopic (exact) mass is 295 g/mol. The predicted molar refractivity (Wildman–Crippen MR) is 78.4 cm³/mol. The van der Waals surface area contributed by atoms with Crippen molar-refractivity contribution in [2.75, 3.05) is 40.3 Å². The molecule has 1 aromatic rings. The first-order valence-electron chi connectivity index (χ1n) is 7.10. The van der Waals surface area contributed by atoms with Gasteiger partial charge < -0.3 is 20.3 Å². The minimum absolute atomic E-state index is 0.00824. The van der Waals surface area contributed by atoms with Gasteiger partial charge in [-0.05, 0) is 31.8 Å². The predicted octanol–water partition coefficient (Wildman–Crippen LogP) is 0.533. The van der Waals surface area contributed by atoms with Gasteiger partial charge in [0.15, 0.2) is 0 Å². The molecule has 21 heavy (non-hydrogen) atoms. The highest BCUT2D eigenvalue weighted by Gasteiger charge is 2.23. The Hall–Kier alpha value is -1.50. The quantitative estimate of drug-likeness (QED) is 0.832. The number of hydrogen-bond donors (Lipinski definition) is 2. The van der Waals surface area contributed by atoms with Gasteiger partial charge in [-0.1, -0.05) is 12.1 Å². The SMILES string of the molecule is CN(C)C(CNC(=O)C1CNCCO1)c1ccc(F)cc1. The van der Waals surface area contributed by atoms with Crippen LogP contribution in [0.15, 0.2) is 24.3 Å². The molecule has 0 aliphatic carbocycles. The zero-order valence-corrected chi connectivity index (χ0v) is 12.4. The van der Waals surface area contributed by atoms with Gasteiger partial charge in [0.25, 0.3) is 5.91 Å². The molecule has 0 bridgehead atoms. The first-order chi connectivity index (χ1) is 10.1. The third kappa shape index (κ3) is 4.49. The minimum atomic E-state index is -0.435. The molecular weight excluding hydrogens is 273 g/mol. The summed E-state index contributed by atoms with van der Waals surface area (Å²) in [5.41, 5.74) is 0.962. The summed E-state index contributed by atoms with van der Waals surface area (Å²) in [6.45, 7) is 2.32. The number of carbonyl (C=O) groups is 1. The van der Waals surface area contributed by atoms with E-state index in [9.17, 15) is 9.18 Å². The molecule has 1 aliphatic rings. The number of likely N-dealkylation sites (N-methyl/N-ethyl adjacent to an activating group) is 1. The molecule has 0 radical (unpaired) electrons. The second-order valence-corrected chi connectivity index (χ2v) is 5.34. The Balaban J connectivity index is 1.93. The molecule has 2 atom stereocenters. The van der Waals surface area contributed by atoms with Crippen LogP contribution in [0.4, 0.5) is 4.39 Å². The Bertz CT molecular complexity index is 458. The maximum Gasteiger partial charge on any atom is 0.250 e. The Morgan fingerprint density at radius 1 is 1.48 bits per heavy atom. The summed E-state index contributed by atoms with van der Waals surface area (Å²) in [6.07, 6.45) is -0.435. The number of ether oxygens (including phenoxy) is 1. The van der Waals surface area contributed by atoms with Crippen LogP contribution in [0.25, 0.3) is 0 Å². The largest absolute Gasteiger partial charge is 0.366 e. The van der Waals surface area contributed by atoms with Gasteiger partial charge in [0, 0.05) is 19.6 Å². The lowest BCUT2D eigenvalue weighted by Gasteiger charge is -2.27. The lowest BCUT2D eigenvalue weighted by molar-refractivity contribution is -0.134. The molecule has 1 saturated heterocycles. The summed E-state index contributed by atoms with van der Waals surface area (Å²) in [4.78, 5) is 14.0. The molecule has 2 unspecified atom stereocenters. The highest BCUT2D eigenvalue weighted by Crippen LogP contribution is 2.17. The zero-order chi connectivity index (χ0) is 15.2. The first-order valence-corrected chi connectivity index (χ1v) is 7.10. The van der Waals surface area contributed by atoms with E-state index >= 15 is 0 Å². The molecule has 1 heterocycles. The summed E-state index contributed by atoms with van der Waals surface area (Å²) in [6, 6.07) is 6.34. The smallest absolute Gasteiger partial charge is 0.250 e. The number of amides is 1. The molecule has 1 amide bonds. The van der Waals surface area contributed by atoms with Crippen LogP contribution in [0.3, 0.4) is 0 Å². The molecule has 0 saturated carbocycles. The fourth-order valence-electron chi connectivity index (χ4n) is 2.33. The number of benzene rings is 1. The van der Waals surface area contributed by atoms with Crippen molar-refractivity contribution in [3.8, 4) is 0 Å². The van der Waals surface area contributed by atoms with Crippen molar-refractivity contribution in [2.45, 2.75) is 12.1 Å². The average molecular weight is 295 g/mol. The van der Waals surface area contributed by atoms with Crippen LogP contribution in [0.2, 0.25) is 0 Å². The number of carbonyl (C=O) groups excluding carboxylic acids is 1. The van der Waals surface area contributed by atoms with Crippen LogP contribution >= 0.6 is 0 Å². The fourth-order valence-corrected chi connectivity index (χ4v) is 2.33. The van der Waals surface area contributed by atoms with Crippen LogP contribution in [0, 0.1) is 5.82 Å². The molecule has 1 fully saturated rings. The molecule has 1 aromatic carbocycles. The van der Waals surface area contributed by atoms with Crippen molar-refractivity contribution >= 4 is 5.91 Å². The molecular formula is C15H22FN3O2. The highest BCUT2D eigenvalue weighted by molar-refractivity contribution is 5.81. The molecule has 0 spiro atoms. The van der Waals surface area contributed by atoms with E-state index in [-0.39, 0.29) is 17.8 Å². The molecule has 5 nitrogen and oxygen atoms in total. The van der Waals surface area contributed by atoms with Crippen LogP contribution < -0.4 is 10.6 Å². The van der Waals surface area contributed by atoms with Gasteiger partial charge in [0.2, 0.25) is 0 Å². The maximum atomic E-state index is 13.0. The Labute approximate surface area is 124 Å². The van der Waals surface area contributed by atoms with Gasteiger partial charge in [-0.15, -0.1) is 0 Å². The summed E-state index contributed by atoms with van der Waals surface area (Å²) in [7, 11) is 3.86. The Morgan fingerprint density at radius 2 is 2.19 bits per heavy atom. The number of nitrogens with one attached hydrogen (secondary N) is 2. The maximum absolute atomic E-state index is 13.0. The van der Waals surface area contributed by atoms with Crippen LogP contribution in [0.1, 0.15) is 11.6 Å². The van der Waals surface area contributed by atoms with E-state index in [1.807, 2.05) is 19.0 Å². The van der Waals surface area contributed by atoms with E-state index in [1.54, 1.807) is 12.1 Å². The second-order valence-electron chi connectivity index (χ2n) is 5.34. The molecule has 1 aliphatic heterocycles. The molecule has 0 aromatic heterocycles. The summed E-state index contributed by atoms with van der Waals surface area (Å²) in [5, 5.41) is 6.03. The normalized spacial score (nSPS) is 20.3. The van der Waals surface area contributed by atoms with Gasteiger partial charge in [-0.2, -0.15) is 0 Å². The number of nitrogens with zero attached hydrogens (tertiary/aromatic N) is 1. The van der Waals surface area contributed by atoms with E-state index in [4.69, 9.17) is 4.74 Å². The van der Waals surface area contributed by atoms with Crippen molar-refractivity contribution < 1.29 is 13.9 Å². The Kier molecular flexibility index (Phi) is 5.67. The van der Waals surface area contributed by atoms with E-state index in [0.29, 0.717) is 19.7 Å². The van der Waals surface area contributed by atoms with Gasteiger partial charge in [0.05, 0.1) is 12.6 Å². The van der Waals surface area contributed by atoms with Crippen LogP contribution in [-0.2, 0) is 9.53 Å². The van der Waals surface area contributed by atoms with E-state index in [2.05, 4.69) is 10.6 Å². The van der Waals surface area contributed by atoms with E-state index in [0.717, 1.165) is 12.1 Å². The third-order valence-electron chi connectivity index (χ3n) is 3.57. The lowest BCUT2D eigenvalue weighted by atomic mass is 10.1. The van der Waals surface area contributed by atoms with Gasteiger partial charge in [0.1, 0.15) is 11.9 Å². The van der Waals surface area contributed by atoms with Gasteiger partial charge in [-0.25, -0.2) is 4.39 Å². The summed E-state index contributed by atoms with van der Waals surface area (Å²) in [5.74, 6) is -0.377. The molecule has 2 N–H and O–H groups in total. The van der Waals surface area contributed by atoms with E-state index in [1.165, 1.54) is 12.1 Å². The average Bonchev–Trinajstić information content (AvgIpc) is 2.49. The van der Waals surface area contributed by atoms with Gasteiger partial charge in [-0.3, -0.25) is 4.79 Å². The summed E-state index contributed by atoms with van der Waals surface area (Å²) < 4.78 is 18.4. The highest BCUT2D eigenvalue weighted by atomic mass is 19.1. The van der Waals surface area contributed by atoms with Gasteiger partial charge >= 0.3 is 0 Å². The molecule has 6 heteroatoms. The number of rotatable bonds is 5. The lowest BCUT2D eigenvalue weighted by Crippen LogP contribution is -2.49. The minimum Gasteiger partial charge on any atom is -0.366 e. The van der Waals surface area contributed by atoms with Crippen molar-refractivity contribution in [1.82, 2.24) is 15.5 Å². The van der Waals surface area contributed by atoms with Crippen LogP contribution in [0.5, 0.6) is 0 Å².